The number of rotatable bonds is 4. The van der Waals surface area contributed by atoms with Gasteiger partial charge in [-0.2, -0.15) is 0 Å². The van der Waals surface area contributed by atoms with Crippen molar-refractivity contribution in [1.82, 2.24) is 10.3 Å². The van der Waals surface area contributed by atoms with E-state index in [9.17, 15) is 0 Å². The van der Waals surface area contributed by atoms with Crippen molar-refractivity contribution in [2.75, 3.05) is 6.54 Å². The Balaban J connectivity index is 2.93. The summed E-state index contributed by atoms with van der Waals surface area (Å²) in [5, 5.41) is 6.95. The molecule has 92 valence electrons. The third-order valence-electron chi connectivity index (χ3n) is 2.65. The summed E-state index contributed by atoms with van der Waals surface area (Å²) < 4.78 is 0. The first-order chi connectivity index (χ1) is 7.36. The van der Waals surface area contributed by atoms with E-state index in [1.807, 2.05) is 0 Å². The second-order valence-corrected chi connectivity index (χ2v) is 6.51. The fourth-order valence-electron chi connectivity index (χ4n) is 1.67. The molecular formula is C13H24N2S. The Morgan fingerprint density at radius 3 is 2.38 bits per heavy atom. The topological polar surface area (TPSA) is 24.9 Å². The second kappa shape index (κ2) is 5.28. The largest absolute Gasteiger partial charge is 0.308 e. The van der Waals surface area contributed by atoms with Gasteiger partial charge in [0.05, 0.1) is 11.7 Å². The molecular weight excluding hydrogens is 216 g/mol. The Morgan fingerprint density at radius 1 is 1.38 bits per heavy atom. The minimum atomic E-state index is 0.210. The minimum absolute atomic E-state index is 0.210. The van der Waals surface area contributed by atoms with Crippen LogP contribution in [0.5, 0.6) is 0 Å². The molecule has 1 unspecified atom stereocenters. The monoisotopic (exact) mass is 240 g/mol. The van der Waals surface area contributed by atoms with Crippen LogP contribution in [0.3, 0.4) is 0 Å². The zero-order valence-corrected chi connectivity index (χ0v) is 12.1. The van der Waals surface area contributed by atoms with Crippen LogP contribution in [0, 0.1) is 5.41 Å². The molecule has 0 aliphatic rings. The molecule has 1 N–H and O–H groups in total. The van der Waals surface area contributed by atoms with E-state index in [1.165, 1.54) is 10.7 Å². The normalized spacial score (nSPS) is 14.4. The van der Waals surface area contributed by atoms with Crippen molar-refractivity contribution in [1.29, 1.82) is 0 Å². The molecule has 1 heterocycles. The zero-order chi connectivity index (χ0) is 12.3. The molecule has 3 heteroatoms. The van der Waals surface area contributed by atoms with Crippen molar-refractivity contribution >= 4 is 11.3 Å². The highest BCUT2D eigenvalue weighted by Gasteiger charge is 2.28. The Bertz CT molecular complexity index is 323. The van der Waals surface area contributed by atoms with Crippen molar-refractivity contribution in [3.63, 3.8) is 0 Å². The van der Waals surface area contributed by atoms with Gasteiger partial charge in [-0.1, -0.05) is 41.5 Å². The smallest absolute Gasteiger partial charge is 0.110 e. The molecule has 0 saturated carbocycles. The number of thiazole rings is 1. The predicted molar refractivity (Wildman–Crippen MR) is 72.1 cm³/mol. The summed E-state index contributed by atoms with van der Waals surface area (Å²) in [5.74, 6) is 0.521. The summed E-state index contributed by atoms with van der Waals surface area (Å²) >= 11 is 1.78. The van der Waals surface area contributed by atoms with Crippen LogP contribution in [-0.4, -0.2) is 11.5 Å². The number of aromatic nitrogens is 1. The Morgan fingerprint density at radius 2 is 2.00 bits per heavy atom. The lowest BCUT2D eigenvalue weighted by molar-refractivity contribution is 0.276. The molecule has 0 aromatic carbocycles. The van der Waals surface area contributed by atoms with Crippen LogP contribution >= 0.6 is 11.3 Å². The van der Waals surface area contributed by atoms with E-state index in [2.05, 4.69) is 52.2 Å². The van der Waals surface area contributed by atoms with Gasteiger partial charge in [-0.3, -0.25) is 0 Å². The maximum atomic E-state index is 4.75. The Kier molecular flexibility index (Phi) is 4.51. The van der Waals surface area contributed by atoms with Gasteiger partial charge in [-0.25, -0.2) is 4.98 Å². The van der Waals surface area contributed by atoms with Gasteiger partial charge in [-0.05, 0) is 17.9 Å². The number of hydrogen-bond acceptors (Lipinski definition) is 3. The molecule has 16 heavy (non-hydrogen) atoms. The molecule has 0 bridgehead atoms. The molecule has 2 nitrogen and oxygen atoms in total. The lowest BCUT2D eigenvalue weighted by Gasteiger charge is -2.29. The van der Waals surface area contributed by atoms with Crippen LogP contribution in [0.15, 0.2) is 5.38 Å². The lowest BCUT2D eigenvalue weighted by atomic mass is 9.87. The van der Waals surface area contributed by atoms with Gasteiger partial charge in [0, 0.05) is 5.38 Å². The fraction of sp³-hybridized carbons (Fsp3) is 0.769. The standard InChI is InChI=1S/C13H24N2S/c1-7-14-11(13(4,5)6)12-15-10(8-16-12)9(2)3/h8-9,11,14H,7H2,1-6H3. The van der Waals surface area contributed by atoms with Crippen LogP contribution in [0.2, 0.25) is 0 Å². The van der Waals surface area contributed by atoms with E-state index in [-0.39, 0.29) is 5.41 Å². The quantitative estimate of drug-likeness (QED) is 0.861. The fourth-order valence-corrected chi connectivity index (χ4v) is 2.96. The van der Waals surface area contributed by atoms with Gasteiger partial charge in [0.2, 0.25) is 0 Å². The molecule has 1 aromatic rings. The molecule has 0 spiro atoms. The first-order valence-electron chi connectivity index (χ1n) is 6.05. The van der Waals surface area contributed by atoms with Gasteiger partial charge >= 0.3 is 0 Å². The first kappa shape index (κ1) is 13.7. The average Bonchev–Trinajstić information content (AvgIpc) is 2.60. The highest BCUT2D eigenvalue weighted by molar-refractivity contribution is 7.09. The summed E-state index contributed by atoms with van der Waals surface area (Å²) in [6, 6.07) is 0.356. The lowest BCUT2D eigenvalue weighted by Crippen LogP contribution is -2.32. The molecule has 0 aliphatic carbocycles. The SMILES string of the molecule is CCNC(c1nc(C(C)C)cs1)C(C)(C)C. The molecule has 1 rings (SSSR count). The van der Waals surface area contributed by atoms with E-state index in [1.54, 1.807) is 11.3 Å². The third-order valence-corrected chi connectivity index (χ3v) is 3.58. The van der Waals surface area contributed by atoms with Crippen molar-refractivity contribution in [2.45, 2.75) is 53.5 Å². The average molecular weight is 240 g/mol. The summed E-state index contributed by atoms with van der Waals surface area (Å²) in [6.45, 7) is 14.3. The first-order valence-corrected chi connectivity index (χ1v) is 6.93. The summed E-state index contributed by atoms with van der Waals surface area (Å²) in [7, 11) is 0. The van der Waals surface area contributed by atoms with Crippen LogP contribution in [0.25, 0.3) is 0 Å². The van der Waals surface area contributed by atoms with E-state index in [0.29, 0.717) is 12.0 Å². The third kappa shape index (κ3) is 3.29. The van der Waals surface area contributed by atoms with Crippen LogP contribution < -0.4 is 5.32 Å². The molecule has 0 fully saturated rings. The van der Waals surface area contributed by atoms with Gasteiger partial charge in [-0.15, -0.1) is 11.3 Å². The maximum absolute atomic E-state index is 4.75. The van der Waals surface area contributed by atoms with E-state index in [4.69, 9.17) is 4.98 Å². The van der Waals surface area contributed by atoms with Gasteiger partial charge < -0.3 is 5.32 Å². The summed E-state index contributed by atoms with van der Waals surface area (Å²) in [4.78, 5) is 4.75. The molecule has 1 aromatic heterocycles. The zero-order valence-electron chi connectivity index (χ0n) is 11.3. The molecule has 0 radical (unpaired) electrons. The van der Waals surface area contributed by atoms with Gasteiger partial charge in [0.15, 0.2) is 0 Å². The van der Waals surface area contributed by atoms with E-state index >= 15 is 0 Å². The summed E-state index contributed by atoms with van der Waals surface area (Å²) in [6.07, 6.45) is 0. The molecule has 0 aliphatic heterocycles. The Labute approximate surface area is 103 Å². The summed E-state index contributed by atoms with van der Waals surface area (Å²) in [5.41, 5.74) is 1.43. The maximum Gasteiger partial charge on any atom is 0.110 e. The predicted octanol–water partition coefficient (Wildman–Crippen LogP) is 3.96. The van der Waals surface area contributed by atoms with E-state index < -0.39 is 0 Å². The second-order valence-electron chi connectivity index (χ2n) is 5.62. The molecule has 1 atom stereocenters. The van der Waals surface area contributed by atoms with Crippen molar-refractivity contribution < 1.29 is 0 Å². The Hall–Kier alpha value is -0.410. The van der Waals surface area contributed by atoms with Gasteiger partial charge in [0.1, 0.15) is 5.01 Å². The number of hydrogen-bond donors (Lipinski definition) is 1. The molecule has 0 amide bonds. The van der Waals surface area contributed by atoms with Crippen LogP contribution in [0.1, 0.15) is 64.2 Å². The molecule has 0 saturated heterocycles. The minimum Gasteiger partial charge on any atom is -0.308 e. The van der Waals surface area contributed by atoms with Crippen molar-refractivity contribution in [2.24, 2.45) is 5.41 Å². The van der Waals surface area contributed by atoms with Crippen molar-refractivity contribution in [3.8, 4) is 0 Å². The number of nitrogens with one attached hydrogen (secondary N) is 1. The van der Waals surface area contributed by atoms with Crippen LogP contribution in [0.4, 0.5) is 0 Å². The highest BCUT2D eigenvalue weighted by Crippen LogP contribution is 2.35. The van der Waals surface area contributed by atoms with Crippen molar-refractivity contribution in [3.05, 3.63) is 16.1 Å². The number of nitrogens with zero attached hydrogens (tertiary/aromatic N) is 1. The van der Waals surface area contributed by atoms with Crippen LogP contribution in [-0.2, 0) is 0 Å². The van der Waals surface area contributed by atoms with Gasteiger partial charge in [0.25, 0.3) is 0 Å². The van der Waals surface area contributed by atoms with E-state index in [0.717, 1.165) is 6.54 Å². The highest BCUT2D eigenvalue weighted by atomic mass is 32.1.